The van der Waals surface area contributed by atoms with Crippen LogP contribution in [-0.2, 0) is 10.2 Å². The molecule has 0 aromatic rings. The van der Waals surface area contributed by atoms with Gasteiger partial charge in [0.1, 0.15) is 0 Å². The molecule has 0 saturated carbocycles. The lowest BCUT2D eigenvalue weighted by Crippen LogP contribution is -2.55. The van der Waals surface area contributed by atoms with Gasteiger partial charge in [-0.25, -0.2) is 4.72 Å². The zero-order chi connectivity index (χ0) is 15.4. The maximum absolute atomic E-state index is 12.5. The summed E-state index contributed by atoms with van der Waals surface area (Å²) in [5, 5.41) is 3.09. The molecule has 0 radical (unpaired) electrons. The Labute approximate surface area is 124 Å². The SMILES string of the molecule is CNCC1CCCCN1S(=O)(=O)NCC(C)(C)N(C)C. The van der Waals surface area contributed by atoms with Crippen molar-refractivity contribution in [2.45, 2.75) is 44.7 Å². The standard InChI is InChI=1S/C13H30N4O2S/c1-13(2,16(4)5)11-15-20(18,19)17-9-7-6-8-12(17)10-14-3/h12,14-15H,6-11H2,1-5H3. The third-order valence-corrected chi connectivity index (χ3v) is 5.83. The number of hydrogen-bond acceptors (Lipinski definition) is 4. The van der Waals surface area contributed by atoms with Gasteiger partial charge in [0.25, 0.3) is 10.2 Å². The molecule has 20 heavy (non-hydrogen) atoms. The molecule has 6 nitrogen and oxygen atoms in total. The summed E-state index contributed by atoms with van der Waals surface area (Å²) in [6.07, 6.45) is 2.97. The topological polar surface area (TPSA) is 64.7 Å². The maximum atomic E-state index is 12.5. The van der Waals surface area contributed by atoms with E-state index in [1.54, 1.807) is 4.31 Å². The van der Waals surface area contributed by atoms with Crippen molar-refractivity contribution in [3.05, 3.63) is 0 Å². The minimum Gasteiger partial charge on any atom is -0.318 e. The predicted octanol–water partition coefficient (Wildman–Crippen LogP) is 0.235. The highest BCUT2D eigenvalue weighted by atomic mass is 32.2. The summed E-state index contributed by atoms with van der Waals surface area (Å²) in [5.74, 6) is 0. The van der Waals surface area contributed by atoms with Crippen molar-refractivity contribution in [3.63, 3.8) is 0 Å². The van der Waals surface area contributed by atoms with Gasteiger partial charge in [-0.15, -0.1) is 0 Å². The molecule has 2 N–H and O–H groups in total. The molecule has 1 unspecified atom stereocenters. The summed E-state index contributed by atoms with van der Waals surface area (Å²) in [5.41, 5.74) is -0.207. The van der Waals surface area contributed by atoms with E-state index in [0.717, 1.165) is 19.3 Å². The van der Waals surface area contributed by atoms with E-state index in [1.165, 1.54) is 0 Å². The Bertz CT molecular complexity index is 393. The molecule has 0 spiro atoms. The fraction of sp³-hybridized carbons (Fsp3) is 1.00. The monoisotopic (exact) mass is 306 g/mol. The van der Waals surface area contributed by atoms with Crippen LogP contribution < -0.4 is 10.0 Å². The quantitative estimate of drug-likeness (QED) is 0.707. The molecule has 0 aromatic heterocycles. The number of rotatable bonds is 7. The van der Waals surface area contributed by atoms with Crippen LogP contribution in [0.15, 0.2) is 0 Å². The molecule has 0 amide bonds. The van der Waals surface area contributed by atoms with Gasteiger partial charge >= 0.3 is 0 Å². The Balaban J connectivity index is 2.71. The lowest BCUT2D eigenvalue weighted by molar-refractivity contribution is 0.194. The number of nitrogens with one attached hydrogen (secondary N) is 2. The second-order valence-electron chi connectivity index (χ2n) is 6.35. The van der Waals surface area contributed by atoms with Crippen molar-refractivity contribution in [2.24, 2.45) is 0 Å². The third-order valence-electron chi connectivity index (χ3n) is 4.22. The minimum atomic E-state index is -3.40. The molecule has 0 aromatic carbocycles. The Hall–Kier alpha value is -0.210. The van der Waals surface area contributed by atoms with Crippen LogP contribution in [0, 0.1) is 0 Å². The fourth-order valence-corrected chi connectivity index (χ4v) is 3.88. The van der Waals surface area contributed by atoms with Crippen LogP contribution in [0.5, 0.6) is 0 Å². The van der Waals surface area contributed by atoms with Crippen molar-refractivity contribution in [1.82, 2.24) is 19.2 Å². The molecule has 1 rings (SSSR count). The minimum absolute atomic E-state index is 0.0636. The predicted molar refractivity (Wildman–Crippen MR) is 83.0 cm³/mol. The molecule has 1 saturated heterocycles. The van der Waals surface area contributed by atoms with Crippen molar-refractivity contribution < 1.29 is 8.42 Å². The molecular weight excluding hydrogens is 276 g/mol. The van der Waals surface area contributed by atoms with Crippen LogP contribution in [0.25, 0.3) is 0 Å². The van der Waals surface area contributed by atoms with E-state index in [0.29, 0.717) is 19.6 Å². The van der Waals surface area contributed by atoms with Gasteiger partial charge in [-0.05, 0) is 47.8 Å². The number of nitrogens with zero attached hydrogens (tertiary/aromatic N) is 2. The summed E-state index contributed by atoms with van der Waals surface area (Å²) in [7, 11) is 2.37. The van der Waals surface area contributed by atoms with E-state index in [1.807, 2.05) is 39.9 Å². The van der Waals surface area contributed by atoms with Gasteiger partial charge in [-0.1, -0.05) is 6.42 Å². The summed E-state index contributed by atoms with van der Waals surface area (Å²) in [6, 6.07) is 0.0636. The second kappa shape index (κ2) is 7.17. The zero-order valence-corrected chi connectivity index (χ0v) is 14.3. The molecular formula is C13H30N4O2S. The van der Waals surface area contributed by atoms with Gasteiger partial charge < -0.3 is 10.2 Å². The van der Waals surface area contributed by atoms with E-state index < -0.39 is 10.2 Å². The van der Waals surface area contributed by atoms with Gasteiger partial charge in [0.15, 0.2) is 0 Å². The largest absolute Gasteiger partial charge is 0.318 e. The van der Waals surface area contributed by atoms with Crippen molar-refractivity contribution >= 4 is 10.2 Å². The van der Waals surface area contributed by atoms with Gasteiger partial charge in [0.2, 0.25) is 0 Å². The number of piperidine rings is 1. The average Bonchev–Trinajstić information content (AvgIpc) is 2.37. The van der Waals surface area contributed by atoms with E-state index in [9.17, 15) is 8.42 Å². The third kappa shape index (κ3) is 4.66. The van der Waals surface area contributed by atoms with Crippen molar-refractivity contribution in [1.29, 1.82) is 0 Å². The van der Waals surface area contributed by atoms with Crippen LogP contribution in [0.1, 0.15) is 33.1 Å². The molecule has 1 heterocycles. The van der Waals surface area contributed by atoms with Crippen LogP contribution in [0.3, 0.4) is 0 Å². The molecule has 0 aliphatic carbocycles. The highest BCUT2D eigenvalue weighted by molar-refractivity contribution is 7.87. The van der Waals surface area contributed by atoms with E-state index >= 15 is 0 Å². The van der Waals surface area contributed by atoms with E-state index in [-0.39, 0.29) is 11.6 Å². The summed E-state index contributed by atoms with van der Waals surface area (Å²) in [6.45, 7) is 5.78. The molecule has 120 valence electrons. The summed E-state index contributed by atoms with van der Waals surface area (Å²) < 4.78 is 29.4. The van der Waals surface area contributed by atoms with Gasteiger partial charge in [0.05, 0.1) is 0 Å². The fourth-order valence-electron chi connectivity index (χ4n) is 2.24. The lowest BCUT2D eigenvalue weighted by Gasteiger charge is -2.37. The first kappa shape index (κ1) is 17.8. The van der Waals surface area contributed by atoms with Crippen molar-refractivity contribution in [2.75, 3.05) is 40.8 Å². The lowest BCUT2D eigenvalue weighted by atomic mass is 10.1. The van der Waals surface area contributed by atoms with Gasteiger partial charge in [0, 0.05) is 31.2 Å². The summed E-state index contributed by atoms with van der Waals surface area (Å²) >= 11 is 0. The molecule has 7 heteroatoms. The zero-order valence-electron chi connectivity index (χ0n) is 13.4. The highest BCUT2D eigenvalue weighted by Crippen LogP contribution is 2.20. The normalized spacial score (nSPS) is 22.4. The first-order chi connectivity index (χ1) is 9.20. The molecule has 1 atom stereocenters. The Morgan fingerprint density at radius 2 is 1.95 bits per heavy atom. The first-order valence-corrected chi connectivity index (χ1v) is 8.73. The Kier molecular flexibility index (Phi) is 6.40. The number of likely N-dealkylation sites (N-methyl/N-ethyl adjacent to an activating group) is 2. The average molecular weight is 306 g/mol. The summed E-state index contributed by atoms with van der Waals surface area (Å²) in [4.78, 5) is 2.02. The molecule has 1 aliphatic rings. The van der Waals surface area contributed by atoms with E-state index in [2.05, 4.69) is 10.0 Å². The van der Waals surface area contributed by atoms with Crippen LogP contribution in [0.2, 0.25) is 0 Å². The Morgan fingerprint density at radius 1 is 1.30 bits per heavy atom. The van der Waals surface area contributed by atoms with Crippen molar-refractivity contribution in [3.8, 4) is 0 Å². The van der Waals surface area contributed by atoms with Crippen LogP contribution >= 0.6 is 0 Å². The number of hydrogen-bond donors (Lipinski definition) is 2. The van der Waals surface area contributed by atoms with Gasteiger partial charge in [-0.3, -0.25) is 0 Å². The van der Waals surface area contributed by atoms with E-state index in [4.69, 9.17) is 0 Å². The molecule has 1 fully saturated rings. The Morgan fingerprint density at radius 3 is 2.50 bits per heavy atom. The van der Waals surface area contributed by atoms with Gasteiger partial charge in [-0.2, -0.15) is 12.7 Å². The first-order valence-electron chi connectivity index (χ1n) is 7.29. The smallest absolute Gasteiger partial charge is 0.279 e. The maximum Gasteiger partial charge on any atom is 0.279 e. The van der Waals surface area contributed by atoms with Crippen LogP contribution in [0.4, 0.5) is 0 Å². The second-order valence-corrected chi connectivity index (χ2v) is 8.06. The molecule has 0 bridgehead atoms. The highest BCUT2D eigenvalue weighted by Gasteiger charge is 2.33. The molecule has 1 aliphatic heterocycles. The van der Waals surface area contributed by atoms with Crippen LogP contribution in [-0.4, -0.2) is 70.0 Å².